The molecule has 0 atom stereocenters. The lowest BCUT2D eigenvalue weighted by Crippen LogP contribution is -2.28. The fourth-order valence-electron chi connectivity index (χ4n) is 1.97. The van der Waals surface area contributed by atoms with Crippen LogP contribution in [0, 0.1) is 21.4 Å². The van der Waals surface area contributed by atoms with Crippen LogP contribution in [0.4, 0.5) is 11.4 Å². The van der Waals surface area contributed by atoms with Gasteiger partial charge >= 0.3 is 0 Å². The Labute approximate surface area is 132 Å². The van der Waals surface area contributed by atoms with Gasteiger partial charge in [-0.05, 0) is 24.3 Å². The number of nitrogens with one attached hydrogen (secondary N) is 2. The van der Waals surface area contributed by atoms with Crippen molar-refractivity contribution in [1.82, 2.24) is 5.32 Å². The minimum Gasteiger partial charge on any atom is -0.378 e. The molecule has 0 spiro atoms. The minimum atomic E-state index is -0.550. The van der Waals surface area contributed by atoms with E-state index in [1.165, 1.54) is 18.2 Å². The van der Waals surface area contributed by atoms with Crippen molar-refractivity contribution in [2.75, 3.05) is 18.4 Å². The second-order valence-electron chi connectivity index (χ2n) is 4.65. The summed E-state index contributed by atoms with van der Waals surface area (Å²) < 4.78 is 0. The molecule has 0 aliphatic rings. The molecule has 0 unspecified atom stereocenters. The first-order valence-electron chi connectivity index (χ1n) is 6.87. The van der Waals surface area contributed by atoms with Crippen LogP contribution in [0.25, 0.3) is 0 Å². The Kier molecular flexibility index (Phi) is 5.25. The van der Waals surface area contributed by atoms with Crippen LogP contribution in [0.15, 0.2) is 48.5 Å². The number of hydrogen-bond donors (Lipinski definition) is 2. The monoisotopic (exact) mass is 310 g/mol. The van der Waals surface area contributed by atoms with Gasteiger partial charge in [-0.2, -0.15) is 5.26 Å². The number of rotatable bonds is 6. The fraction of sp³-hybridized carbons (Fsp3) is 0.125. The molecule has 116 valence electrons. The van der Waals surface area contributed by atoms with Gasteiger partial charge in [0, 0.05) is 24.7 Å². The van der Waals surface area contributed by atoms with Crippen LogP contribution in [0.5, 0.6) is 0 Å². The van der Waals surface area contributed by atoms with E-state index in [0.29, 0.717) is 24.3 Å². The largest absolute Gasteiger partial charge is 0.378 e. The summed E-state index contributed by atoms with van der Waals surface area (Å²) in [7, 11) is 0. The number of carbonyl (C=O) groups excluding carboxylic acids is 1. The van der Waals surface area contributed by atoms with Crippen LogP contribution in [-0.4, -0.2) is 23.9 Å². The fourth-order valence-corrected chi connectivity index (χ4v) is 1.97. The summed E-state index contributed by atoms with van der Waals surface area (Å²) in [5, 5.41) is 25.4. The van der Waals surface area contributed by atoms with Crippen molar-refractivity contribution in [3.05, 3.63) is 69.8 Å². The topological polar surface area (TPSA) is 108 Å². The van der Waals surface area contributed by atoms with Crippen molar-refractivity contribution in [2.24, 2.45) is 0 Å². The van der Waals surface area contributed by atoms with E-state index in [4.69, 9.17) is 5.26 Å². The molecule has 0 heterocycles. The molecule has 0 fully saturated rings. The molecule has 0 aliphatic carbocycles. The van der Waals surface area contributed by atoms with E-state index >= 15 is 0 Å². The van der Waals surface area contributed by atoms with E-state index in [2.05, 4.69) is 10.6 Å². The van der Waals surface area contributed by atoms with Gasteiger partial charge in [0.05, 0.1) is 16.6 Å². The number of anilines is 1. The second-order valence-corrected chi connectivity index (χ2v) is 4.65. The number of benzene rings is 2. The Morgan fingerprint density at radius 2 is 1.91 bits per heavy atom. The summed E-state index contributed by atoms with van der Waals surface area (Å²) in [5.41, 5.74) is 0.915. The van der Waals surface area contributed by atoms with E-state index in [1.54, 1.807) is 24.3 Å². The van der Waals surface area contributed by atoms with Crippen molar-refractivity contribution in [3.8, 4) is 6.07 Å². The highest BCUT2D eigenvalue weighted by Crippen LogP contribution is 2.24. The lowest BCUT2D eigenvalue weighted by atomic mass is 10.2. The normalized spacial score (nSPS) is 9.70. The van der Waals surface area contributed by atoms with Gasteiger partial charge in [-0.1, -0.05) is 18.2 Å². The van der Waals surface area contributed by atoms with Crippen molar-refractivity contribution < 1.29 is 9.72 Å². The summed E-state index contributed by atoms with van der Waals surface area (Å²) in [5.74, 6) is -0.207. The van der Waals surface area contributed by atoms with Crippen LogP contribution < -0.4 is 10.6 Å². The number of nitro groups is 1. The molecule has 2 aromatic rings. The highest BCUT2D eigenvalue weighted by molar-refractivity contribution is 5.94. The van der Waals surface area contributed by atoms with Crippen LogP contribution in [0.2, 0.25) is 0 Å². The van der Waals surface area contributed by atoms with E-state index in [9.17, 15) is 14.9 Å². The lowest BCUT2D eigenvalue weighted by Gasteiger charge is -2.08. The van der Waals surface area contributed by atoms with Crippen molar-refractivity contribution >= 4 is 17.3 Å². The van der Waals surface area contributed by atoms with Gasteiger partial charge in [-0.15, -0.1) is 0 Å². The average Bonchev–Trinajstić information content (AvgIpc) is 2.59. The number of nitriles is 1. The Morgan fingerprint density at radius 3 is 2.57 bits per heavy atom. The summed E-state index contributed by atoms with van der Waals surface area (Å²) in [6, 6.07) is 14.8. The molecular weight excluding hydrogens is 296 g/mol. The molecule has 0 radical (unpaired) electrons. The van der Waals surface area contributed by atoms with Gasteiger partial charge < -0.3 is 10.6 Å². The van der Waals surface area contributed by atoms with Crippen LogP contribution in [0.3, 0.4) is 0 Å². The predicted octanol–water partition coefficient (Wildman–Crippen LogP) is 2.31. The number of nitrogens with zero attached hydrogens (tertiary/aromatic N) is 2. The molecule has 23 heavy (non-hydrogen) atoms. The molecule has 2 N–H and O–H groups in total. The zero-order valence-corrected chi connectivity index (χ0v) is 12.2. The molecule has 0 bridgehead atoms. The quantitative estimate of drug-likeness (QED) is 0.483. The molecule has 2 aromatic carbocycles. The first-order chi connectivity index (χ1) is 11.1. The molecular formula is C16H14N4O3. The number of nitro benzene ring substituents is 1. The number of hydrogen-bond acceptors (Lipinski definition) is 5. The third kappa shape index (κ3) is 4.28. The summed E-state index contributed by atoms with van der Waals surface area (Å²) >= 11 is 0. The smallest absolute Gasteiger partial charge is 0.293 e. The van der Waals surface area contributed by atoms with Crippen LogP contribution >= 0.6 is 0 Å². The molecule has 0 aromatic heterocycles. The molecule has 0 saturated heterocycles. The summed E-state index contributed by atoms with van der Waals surface area (Å²) in [6.07, 6.45) is 0. The number of amides is 1. The standard InChI is InChI=1S/C16H14N4O3/c17-11-12-6-7-14(15(10-12)20(22)23)18-8-9-19-16(21)13-4-2-1-3-5-13/h1-7,10,18H,8-9H2,(H,19,21). The SMILES string of the molecule is N#Cc1ccc(NCCNC(=O)c2ccccc2)c([N+](=O)[O-])c1. The van der Waals surface area contributed by atoms with E-state index < -0.39 is 4.92 Å². The van der Waals surface area contributed by atoms with E-state index in [-0.39, 0.29) is 17.2 Å². The summed E-state index contributed by atoms with van der Waals surface area (Å²) in [6.45, 7) is 0.635. The van der Waals surface area contributed by atoms with E-state index in [1.807, 2.05) is 12.1 Å². The molecule has 7 heteroatoms. The Morgan fingerprint density at radius 1 is 1.17 bits per heavy atom. The molecule has 1 amide bonds. The summed E-state index contributed by atoms with van der Waals surface area (Å²) in [4.78, 5) is 22.3. The van der Waals surface area contributed by atoms with Gasteiger partial charge in [0.25, 0.3) is 11.6 Å². The average molecular weight is 310 g/mol. The van der Waals surface area contributed by atoms with Crippen molar-refractivity contribution in [3.63, 3.8) is 0 Å². The first kappa shape index (κ1) is 16.0. The van der Waals surface area contributed by atoms with Crippen molar-refractivity contribution in [1.29, 1.82) is 5.26 Å². The maximum atomic E-state index is 11.8. The lowest BCUT2D eigenvalue weighted by molar-refractivity contribution is -0.384. The van der Waals surface area contributed by atoms with Gasteiger partial charge in [0.1, 0.15) is 5.69 Å². The molecule has 0 aliphatic heterocycles. The van der Waals surface area contributed by atoms with Crippen molar-refractivity contribution in [2.45, 2.75) is 0 Å². The van der Waals surface area contributed by atoms with Gasteiger partial charge in [-0.25, -0.2) is 0 Å². The Balaban J connectivity index is 1.91. The van der Waals surface area contributed by atoms with Crippen LogP contribution in [0.1, 0.15) is 15.9 Å². The molecule has 2 rings (SSSR count). The zero-order valence-electron chi connectivity index (χ0n) is 12.2. The first-order valence-corrected chi connectivity index (χ1v) is 6.87. The maximum Gasteiger partial charge on any atom is 0.293 e. The predicted molar refractivity (Wildman–Crippen MR) is 85.1 cm³/mol. The number of carbonyl (C=O) groups is 1. The Bertz CT molecular complexity index is 754. The minimum absolute atomic E-state index is 0.168. The van der Waals surface area contributed by atoms with Gasteiger partial charge in [0.15, 0.2) is 0 Å². The molecule has 0 saturated carbocycles. The van der Waals surface area contributed by atoms with Gasteiger partial charge in [0.2, 0.25) is 0 Å². The third-order valence-electron chi connectivity index (χ3n) is 3.09. The highest BCUT2D eigenvalue weighted by atomic mass is 16.6. The molecule has 7 nitrogen and oxygen atoms in total. The van der Waals surface area contributed by atoms with Crippen LogP contribution in [-0.2, 0) is 0 Å². The third-order valence-corrected chi connectivity index (χ3v) is 3.09. The Hall–Kier alpha value is -3.40. The second kappa shape index (κ2) is 7.56. The highest BCUT2D eigenvalue weighted by Gasteiger charge is 2.14. The maximum absolute atomic E-state index is 11.8. The van der Waals surface area contributed by atoms with Gasteiger partial charge in [-0.3, -0.25) is 14.9 Å². The zero-order chi connectivity index (χ0) is 16.7. The van der Waals surface area contributed by atoms with E-state index in [0.717, 1.165) is 0 Å².